The topological polar surface area (TPSA) is 49.8 Å². The van der Waals surface area contributed by atoms with E-state index in [9.17, 15) is 9.90 Å². The van der Waals surface area contributed by atoms with Crippen molar-refractivity contribution in [2.45, 2.75) is 77.6 Å². The van der Waals surface area contributed by atoms with Gasteiger partial charge in [0.15, 0.2) is 8.32 Å². The Morgan fingerprint density at radius 2 is 1.74 bits per heavy atom. The van der Waals surface area contributed by atoms with Crippen molar-refractivity contribution < 1.29 is 14.3 Å². The highest BCUT2D eigenvalue weighted by Crippen LogP contribution is 2.38. The first-order chi connectivity index (χ1) is 17.7. The van der Waals surface area contributed by atoms with Crippen LogP contribution in [0.5, 0.6) is 5.75 Å². The number of carbonyl (C=O) groups is 1. The summed E-state index contributed by atoms with van der Waals surface area (Å²) >= 11 is 9.31. The average molecular weight is 730 g/mol. The number of likely N-dealkylation sites (tertiary alicyclic amines) is 1. The number of benzene rings is 2. The van der Waals surface area contributed by atoms with Crippen LogP contribution in [0.3, 0.4) is 0 Å². The molecule has 208 valence electrons. The lowest BCUT2D eigenvalue weighted by atomic mass is 9.88. The van der Waals surface area contributed by atoms with Crippen molar-refractivity contribution in [3.05, 3.63) is 70.8 Å². The summed E-state index contributed by atoms with van der Waals surface area (Å²) in [6.07, 6.45) is 6.49. The second kappa shape index (κ2) is 15.2. The van der Waals surface area contributed by atoms with Crippen molar-refractivity contribution in [3.8, 4) is 5.75 Å². The molecule has 1 N–H and O–H groups in total. The summed E-state index contributed by atoms with van der Waals surface area (Å²) in [4.78, 5) is 14.8. The van der Waals surface area contributed by atoms with Crippen molar-refractivity contribution >= 4 is 70.8 Å². The second-order valence-electron chi connectivity index (χ2n) is 11.2. The van der Waals surface area contributed by atoms with Gasteiger partial charge >= 0.3 is 3.18 Å². The van der Waals surface area contributed by atoms with Crippen LogP contribution in [0.1, 0.15) is 68.7 Å². The highest BCUT2D eigenvalue weighted by Gasteiger charge is 2.37. The number of carbonyl (C=O) groups excluding carboxylic acids is 1. The van der Waals surface area contributed by atoms with Gasteiger partial charge in [0.05, 0.1) is 6.61 Å². The molecular formula is C29H41BBr3NO3Si. The largest absolute Gasteiger partial charge is 0.508 e. The van der Waals surface area contributed by atoms with E-state index in [1.54, 1.807) is 12.1 Å². The van der Waals surface area contributed by atoms with Crippen LogP contribution in [0.2, 0.25) is 18.1 Å². The molecule has 0 bridgehead atoms. The lowest BCUT2D eigenvalue weighted by Crippen LogP contribution is -2.40. The molecule has 1 aliphatic rings. The predicted octanol–water partition coefficient (Wildman–Crippen LogP) is 9.05. The van der Waals surface area contributed by atoms with E-state index in [-0.39, 0.29) is 19.9 Å². The van der Waals surface area contributed by atoms with Crippen LogP contribution >= 0.6 is 47.3 Å². The second-order valence-corrected chi connectivity index (χ2v) is 22.4. The number of hydrogen-bond donors (Lipinski definition) is 1. The zero-order chi connectivity index (χ0) is 28.5. The molecule has 0 atom stereocenters. The molecule has 1 aliphatic heterocycles. The fourth-order valence-electron chi connectivity index (χ4n) is 4.14. The third-order valence-electron chi connectivity index (χ3n) is 7.61. The zero-order valence-electron chi connectivity index (χ0n) is 23.4. The number of halogens is 3. The van der Waals surface area contributed by atoms with Gasteiger partial charge in [-0.3, -0.25) is 4.79 Å². The Labute approximate surface area is 255 Å². The molecule has 0 radical (unpaired) electrons. The Bertz CT molecular complexity index is 1080. The molecule has 1 amide bonds. The minimum atomic E-state index is -1.96. The van der Waals surface area contributed by atoms with E-state index in [0.29, 0.717) is 12.5 Å². The first kappa shape index (κ1) is 33.3. The Balaban J connectivity index is 0.00000118. The molecule has 0 spiro atoms. The Morgan fingerprint density at radius 1 is 1.13 bits per heavy atom. The zero-order valence-corrected chi connectivity index (χ0v) is 29.2. The molecule has 38 heavy (non-hydrogen) atoms. The van der Waals surface area contributed by atoms with Crippen LogP contribution in [0, 0.1) is 0 Å². The smallest absolute Gasteiger partial charge is 0.369 e. The third-order valence-corrected chi connectivity index (χ3v) is 12.1. The Kier molecular flexibility index (Phi) is 13.4. The molecule has 3 rings (SSSR count). The molecule has 0 saturated carbocycles. The minimum absolute atomic E-state index is 0.0281. The molecule has 1 fully saturated rings. The van der Waals surface area contributed by atoms with Gasteiger partial charge in [-0.1, -0.05) is 64.1 Å². The van der Waals surface area contributed by atoms with Crippen LogP contribution in [0.25, 0.3) is 6.08 Å². The lowest BCUT2D eigenvalue weighted by molar-refractivity contribution is -0.126. The van der Waals surface area contributed by atoms with E-state index in [1.807, 2.05) is 23.1 Å². The third kappa shape index (κ3) is 10.3. The Hall–Kier alpha value is -0.868. The number of rotatable bonds is 7. The SMILES string of the molecule is BrB(Br)Br.CCc1cccc(C2CCN(C(=O)/C=C/c3cccc(O)c3CO[Si](C)(C)C(C)(C)C)CC2)c1. The number of aromatic hydroxyl groups is 1. The van der Waals surface area contributed by atoms with Crippen molar-refractivity contribution in [1.82, 2.24) is 4.90 Å². The quantitative estimate of drug-likeness (QED) is 0.229. The van der Waals surface area contributed by atoms with Crippen molar-refractivity contribution in [2.24, 2.45) is 0 Å². The first-order valence-electron chi connectivity index (χ1n) is 13.2. The van der Waals surface area contributed by atoms with E-state index in [4.69, 9.17) is 4.43 Å². The van der Waals surface area contributed by atoms with E-state index >= 15 is 0 Å². The van der Waals surface area contributed by atoms with Crippen LogP contribution < -0.4 is 0 Å². The summed E-state index contributed by atoms with van der Waals surface area (Å²) in [5.74, 6) is 0.758. The summed E-state index contributed by atoms with van der Waals surface area (Å²) in [6, 6.07) is 14.3. The maximum Gasteiger partial charge on any atom is 0.369 e. The predicted molar refractivity (Wildman–Crippen MR) is 176 cm³/mol. The number of phenolic OH excluding ortho intramolecular Hbond substituents is 1. The van der Waals surface area contributed by atoms with E-state index in [0.717, 1.165) is 43.5 Å². The van der Waals surface area contributed by atoms with Gasteiger partial charge in [0.1, 0.15) is 5.75 Å². The van der Waals surface area contributed by atoms with Crippen molar-refractivity contribution in [1.29, 1.82) is 0 Å². The van der Waals surface area contributed by atoms with E-state index in [2.05, 4.69) is 112 Å². The van der Waals surface area contributed by atoms with Gasteiger partial charge in [-0.05, 0) is 72.1 Å². The van der Waals surface area contributed by atoms with Crippen molar-refractivity contribution in [2.75, 3.05) is 13.1 Å². The van der Waals surface area contributed by atoms with Gasteiger partial charge in [-0.25, -0.2) is 0 Å². The Morgan fingerprint density at radius 3 is 2.32 bits per heavy atom. The maximum absolute atomic E-state index is 12.9. The molecule has 2 aromatic rings. The van der Waals surface area contributed by atoms with Crippen LogP contribution in [-0.2, 0) is 22.2 Å². The molecule has 0 unspecified atom stereocenters. The van der Waals surface area contributed by atoms with Crippen molar-refractivity contribution in [3.63, 3.8) is 0 Å². The molecule has 1 heterocycles. The number of nitrogens with zero attached hydrogens (tertiary/aromatic N) is 1. The molecule has 0 aromatic heterocycles. The molecular weight excluding hydrogens is 689 g/mol. The van der Waals surface area contributed by atoms with E-state index in [1.165, 1.54) is 11.1 Å². The van der Waals surface area contributed by atoms with Crippen LogP contribution in [-0.4, -0.2) is 40.5 Å². The number of hydrogen-bond acceptors (Lipinski definition) is 3. The van der Waals surface area contributed by atoms with Gasteiger partial charge in [0, 0.05) is 24.7 Å². The molecule has 2 aromatic carbocycles. The maximum atomic E-state index is 12.9. The summed E-state index contributed by atoms with van der Waals surface area (Å²) in [7, 11) is -1.96. The number of piperidine rings is 1. The number of aryl methyl sites for hydroxylation is 1. The molecule has 9 heteroatoms. The van der Waals surface area contributed by atoms with Crippen LogP contribution in [0.4, 0.5) is 0 Å². The molecule has 1 saturated heterocycles. The fraction of sp³-hybridized carbons (Fsp3) is 0.483. The number of amides is 1. The fourth-order valence-corrected chi connectivity index (χ4v) is 5.08. The monoisotopic (exact) mass is 727 g/mol. The summed E-state index contributed by atoms with van der Waals surface area (Å²) in [5.41, 5.74) is 4.34. The minimum Gasteiger partial charge on any atom is -0.508 e. The molecule has 0 aliphatic carbocycles. The van der Waals surface area contributed by atoms with Gasteiger partial charge < -0.3 is 14.4 Å². The summed E-state index contributed by atoms with van der Waals surface area (Å²) in [5, 5.41) is 10.6. The summed E-state index contributed by atoms with van der Waals surface area (Å²) in [6.45, 7) is 15.1. The standard InChI is InChI=1S/C29H41NO3Si.BBr3/c1-7-22-10-8-12-25(20-22)23-16-18-30(19-17-23)28(32)15-14-24-11-9-13-27(31)26(24)21-33-34(5,6)29(2,3)4;2-1(3)4/h8-15,20,23,31H,7,16-19,21H2,1-6H3;/b15-14+;. The number of phenols is 1. The normalized spacial score (nSPS) is 14.8. The summed E-state index contributed by atoms with van der Waals surface area (Å²) < 4.78 is 6.62. The van der Waals surface area contributed by atoms with Gasteiger partial charge in [-0.15, -0.1) is 47.3 Å². The highest BCUT2D eigenvalue weighted by molar-refractivity contribution is 9.69. The highest BCUT2D eigenvalue weighted by atomic mass is 79.9. The van der Waals surface area contributed by atoms with E-state index < -0.39 is 8.32 Å². The van der Waals surface area contributed by atoms with Crippen LogP contribution in [0.15, 0.2) is 48.5 Å². The van der Waals surface area contributed by atoms with Gasteiger partial charge in [0.25, 0.3) is 0 Å². The van der Waals surface area contributed by atoms with Gasteiger partial charge in [-0.2, -0.15) is 0 Å². The average Bonchev–Trinajstić information content (AvgIpc) is 2.85. The lowest BCUT2D eigenvalue weighted by Gasteiger charge is -2.36. The molecule has 4 nitrogen and oxygen atoms in total. The van der Waals surface area contributed by atoms with Gasteiger partial charge in [0.2, 0.25) is 5.91 Å². The first-order valence-corrected chi connectivity index (χ1v) is 18.8.